The highest BCUT2D eigenvalue weighted by molar-refractivity contribution is 9.10. The lowest BCUT2D eigenvalue weighted by Gasteiger charge is -2.13. The minimum absolute atomic E-state index is 0.0656. The van der Waals surface area contributed by atoms with Crippen molar-refractivity contribution in [3.63, 3.8) is 0 Å². The minimum Gasteiger partial charge on any atom is -0.395 e. The zero-order chi connectivity index (χ0) is 14.2. The number of nitrogens with one attached hydrogen (secondary N) is 1. The summed E-state index contributed by atoms with van der Waals surface area (Å²) < 4.78 is 13.8. The van der Waals surface area contributed by atoms with Gasteiger partial charge in [-0.25, -0.2) is 4.39 Å². The summed E-state index contributed by atoms with van der Waals surface area (Å²) >= 11 is 3.45. The Balaban J connectivity index is 0.000000321. The first-order valence-corrected chi connectivity index (χ1v) is 6.79. The van der Waals surface area contributed by atoms with Crippen LogP contribution >= 0.6 is 15.9 Å². The number of benzene rings is 1. The van der Waals surface area contributed by atoms with Gasteiger partial charge in [0.2, 0.25) is 0 Å². The van der Waals surface area contributed by atoms with Gasteiger partial charge in [0.1, 0.15) is 5.67 Å². The number of halogens is 2. The van der Waals surface area contributed by atoms with Crippen molar-refractivity contribution in [3.8, 4) is 0 Å². The number of aryl methyl sites for hydroxylation is 1. The molecule has 0 fully saturated rings. The Morgan fingerprint density at radius 2 is 1.94 bits per heavy atom. The molecule has 0 saturated carbocycles. The lowest BCUT2D eigenvalue weighted by atomic mass is 10.1. The third-order valence-corrected chi connectivity index (χ3v) is 3.23. The molecule has 18 heavy (non-hydrogen) atoms. The van der Waals surface area contributed by atoms with Crippen LogP contribution in [0.4, 0.5) is 4.39 Å². The van der Waals surface area contributed by atoms with Gasteiger partial charge in [0, 0.05) is 17.6 Å². The molecule has 0 atom stereocenters. The van der Waals surface area contributed by atoms with Crippen LogP contribution in [0.25, 0.3) is 0 Å². The van der Waals surface area contributed by atoms with Gasteiger partial charge in [0.25, 0.3) is 0 Å². The molecule has 0 heterocycles. The lowest BCUT2D eigenvalue weighted by Crippen LogP contribution is -2.32. The maximum Gasteiger partial charge on any atom is 0.117 e. The Morgan fingerprint density at radius 1 is 1.33 bits per heavy atom. The molecule has 1 rings (SSSR count). The van der Waals surface area contributed by atoms with E-state index < -0.39 is 5.67 Å². The molecule has 0 radical (unpaired) electrons. The molecule has 0 aliphatic carbocycles. The maximum absolute atomic E-state index is 12.6. The van der Waals surface area contributed by atoms with Gasteiger partial charge in [-0.15, -0.1) is 0 Å². The summed E-state index contributed by atoms with van der Waals surface area (Å²) in [5, 5.41) is 11.0. The molecule has 2 N–H and O–H groups in total. The van der Waals surface area contributed by atoms with Gasteiger partial charge in [0.05, 0.1) is 6.61 Å². The van der Waals surface area contributed by atoms with Gasteiger partial charge in [-0.1, -0.05) is 28.1 Å². The zero-order valence-corrected chi connectivity index (χ0v) is 13.1. The molecule has 0 spiro atoms. The van der Waals surface area contributed by atoms with Gasteiger partial charge in [-0.05, 0) is 44.9 Å². The molecule has 2 nitrogen and oxygen atoms in total. The van der Waals surface area contributed by atoms with E-state index in [1.807, 2.05) is 6.07 Å². The van der Waals surface area contributed by atoms with E-state index in [0.717, 1.165) is 0 Å². The zero-order valence-electron chi connectivity index (χ0n) is 11.6. The van der Waals surface area contributed by atoms with Crippen molar-refractivity contribution in [3.05, 3.63) is 33.8 Å². The summed E-state index contributed by atoms with van der Waals surface area (Å²) in [5.41, 5.74) is 1.50. The predicted molar refractivity (Wildman–Crippen MR) is 78.8 cm³/mol. The smallest absolute Gasteiger partial charge is 0.117 e. The Morgan fingerprint density at radius 3 is 2.33 bits per heavy atom. The van der Waals surface area contributed by atoms with Crippen LogP contribution in [0.1, 0.15) is 25.0 Å². The van der Waals surface area contributed by atoms with Gasteiger partial charge in [0.15, 0.2) is 0 Å². The molecular formula is C14H23BrFNO. The largest absolute Gasteiger partial charge is 0.395 e. The summed E-state index contributed by atoms with van der Waals surface area (Å²) in [6, 6.07) is 6.22. The SMILES string of the molecule is CC(C)(F)CNCCO.Cc1cccc(Br)c1C. The van der Waals surface area contributed by atoms with Crippen LogP contribution in [0.15, 0.2) is 22.7 Å². The van der Waals surface area contributed by atoms with Crippen molar-refractivity contribution in [2.75, 3.05) is 19.7 Å². The third-order valence-electron chi connectivity index (χ3n) is 2.37. The summed E-state index contributed by atoms with van der Waals surface area (Å²) in [5.74, 6) is 0. The summed E-state index contributed by atoms with van der Waals surface area (Å²) in [6.45, 7) is 8.05. The predicted octanol–water partition coefficient (Wildman–Crippen LogP) is 3.38. The van der Waals surface area contributed by atoms with Crippen LogP contribution in [-0.2, 0) is 0 Å². The van der Waals surface area contributed by atoms with Crippen LogP contribution in [0.5, 0.6) is 0 Å². The second kappa shape index (κ2) is 8.62. The molecule has 0 saturated heterocycles. The second-order valence-electron chi connectivity index (χ2n) is 4.80. The number of alkyl halides is 1. The van der Waals surface area contributed by atoms with Crippen molar-refractivity contribution >= 4 is 15.9 Å². The Bertz CT molecular complexity index is 330. The average molecular weight is 320 g/mol. The molecule has 0 bridgehead atoms. The molecule has 0 amide bonds. The van der Waals surface area contributed by atoms with Crippen molar-refractivity contribution in [1.29, 1.82) is 0 Å². The molecule has 4 heteroatoms. The van der Waals surface area contributed by atoms with Gasteiger partial charge < -0.3 is 10.4 Å². The fourth-order valence-electron chi connectivity index (χ4n) is 1.18. The van der Waals surface area contributed by atoms with Crippen molar-refractivity contribution in [2.45, 2.75) is 33.4 Å². The first-order chi connectivity index (χ1) is 8.28. The van der Waals surface area contributed by atoms with E-state index in [2.05, 4.69) is 47.2 Å². The van der Waals surface area contributed by atoms with E-state index in [1.54, 1.807) is 0 Å². The fraction of sp³-hybridized carbons (Fsp3) is 0.571. The molecular weight excluding hydrogens is 297 g/mol. The topological polar surface area (TPSA) is 32.3 Å². The lowest BCUT2D eigenvalue weighted by molar-refractivity contribution is 0.202. The molecule has 1 aromatic carbocycles. The minimum atomic E-state index is -1.17. The van der Waals surface area contributed by atoms with Gasteiger partial charge in [-0.2, -0.15) is 0 Å². The Kier molecular flexibility index (Phi) is 8.40. The van der Waals surface area contributed by atoms with E-state index in [-0.39, 0.29) is 6.61 Å². The van der Waals surface area contributed by atoms with Crippen molar-refractivity contribution in [2.24, 2.45) is 0 Å². The molecule has 0 aliphatic rings. The highest BCUT2D eigenvalue weighted by atomic mass is 79.9. The van der Waals surface area contributed by atoms with E-state index in [4.69, 9.17) is 5.11 Å². The standard InChI is InChI=1S/C8H9Br.C6H14FNO/c1-6-4-3-5-8(9)7(6)2;1-6(2,7)5-8-3-4-9/h3-5H,1-2H3;8-9H,3-5H2,1-2H3. The number of aliphatic hydroxyl groups excluding tert-OH is 1. The third kappa shape index (κ3) is 8.61. The van der Waals surface area contributed by atoms with E-state index in [0.29, 0.717) is 13.1 Å². The van der Waals surface area contributed by atoms with Gasteiger partial charge in [-0.3, -0.25) is 0 Å². The maximum atomic E-state index is 12.6. The summed E-state index contributed by atoms with van der Waals surface area (Å²) in [4.78, 5) is 0. The monoisotopic (exact) mass is 319 g/mol. The number of rotatable bonds is 4. The van der Waals surface area contributed by atoms with Crippen LogP contribution in [-0.4, -0.2) is 30.5 Å². The van der Waals surface area contributed by atoms with Crippen LogP contribution in [0, 0.1) is 13.8 Å². The fourth-order valence-corrected chi connectivity index (χ4v) is 1.65. The second-order valence-corrected chi connectivity index (χ2v) is 5.66. The molecule has 1 aromatic rings. The van der Waals surface area contributed by atoms with Crippen molar-refractivity contribution < 1.29 is 9.50 Å². The van der Waals surface area contributed by atoms with E-state index in [9.17, 15) is 4.39 Å². The summed E-state index contributed by atoms with van der Waals surface area (Å²) in [7, 11) is 0. The number of hydrogen-bond donors (Lipinski definition) is 2. The Labute approximate surface area is 118 Å². The van der Waals surface area contributed by atoms with Crippen molar-refractivity contribution in [1.82, 2.24) is 5.32 Å². The summed E-state index contributed by atoms with van der Waals surface area (Å²) in [6.07, 6.45) is 0. The Hall–Kier alpha value is -0.450. The highest BCUT2D eigenvalue weighted by Crippen LogP contribution is 2.17. The van der Waals surface area contributed by atoms with Crippen LogP contribution in [0.2, 0.25) is 0 Å². The van der Waals surface area contributed by atoms with E-state index >= 15 is 0 Å². The quantitative estimate of drug-likeness (QED) is 0.834. The van der Waals surface area contributed by atoms with Crippen LogP contribution in [0.3, 0.4) is 0 Å². The first-order valence-electron chi connectivity index (χ1n) is 6.00. The van der Waals surface area contributed by atoms with Gasteiger partial charge >= 0.3 is 0 Å². The van der Waals surface area contributed by atoms with Crippen LogP contribution < -0.4 is 5.32 Å². The van der Waals surface area contributed by atoms with E-state index in [1.165, 1.54) is 29.4 Å². The normalized spacial score (nSPS) is 10.8. The molecule has 0 aromatic heterocycles. The average Bonchev–Trinajstić information content (AvgIpc) is 2.25. The highest BCUT2D eigenvalue weighted by Gasteiger charge is 2.13. The molecule has 104 valence electrons. The molecule has 0 aliphatic heterocycles. The number of aliphatic hydroxyl groups is 1. The number of hydrogen-bond acceptors (Lipinski definition) is 2. The molecule has 0 unspecified atom stereocenters. The first kappa shape index (κ1) is 17.6.